The average Bonchev–Trinajstić information content (AvgIpc) is 2.57. The van der Waals surface area contributed by atoms with E-state index in [4.69, 9.17) is 0 Å². The molecule has 0 heterocycles. The summed E-state index contributed by atoms with van der Waals surface area (Å²) in [5.41, 5.74) is 2.32. The molecule has 0 radical (unpaired) electrons. The van der Waals surface area contributed by atoms with Crippen LogP contribution in [0, 0.1) is 12.7 Å². The van der Waals surface area contributed by atoms with Gasteiger partial charge in [0.25, 0.3) is 0 Å². The second-order valence-electron chi connectivity index (χ2n) is 6.39. The minimum Gasteiger partial charge on any atom is -0.340 e. The van der Waals surface area contributed by atoms with Crippen LogP contribution in [0.15, 0.2) is 48.5 Å². The quantitative estimate of drug-likeness (QED) is 0.777. The van der Waals surface area contributed by atoms with Crippen molar-refractivity contribution >= 4 is 21.6 Å². The van der Waals surface area contributed by atoms with Crippen molar-refractivity contribution in [3.8, 4) is 0 Å². The van der Waals surface area contributed by atoms with Crippen LogP contribution in [0.2, 0.25) is 0 Å². The van der Waals surface area contributed by atoms with Crippen molar-refractivity contribution in [2.75, 3.05) is 17.6 Å². The van der Waals surface area contributed by atoms with Gasteiger partial charge in [-0.15, -0.1) is 0 Å². The SMILES string of the molecule is Cc1ccc(CN(C)C(=O)C(C)N(c2ccc(F)cc2)S(C)(=O)=O)cc1. The highest BCUT2D eigenvalue weighted by molar-refractivity contribution is 7.92. The zero-order valence-electron chi connectivity index (χ0n) is 15.3. The van der Waals surface area contributed by atoms with Crippen molar-refractivity contribution in [3.63, 3.8) is 0 Å². The molecular formula is C19H23FN2O3S. The Kier molecular flexibility index (Phi) is 6.02. The maximum Gasteiger partial charge on any atom is 0.246 e. The number of rotatable bonds is 6. The topological polar surface area (TPSA) is 57.7 Å². The molecule has 2 aromatic rings. The number of amides is 1. The second kappa shape index (κ2) is 7.86. The summed E-state index contributed by atoms with van der Waals surface area (Å²) in [4.78, 5) is 14.3. The van der Waals surface area contributed by atoms with Crippen LogP contribution >= 0.6 is 0 Å². The number of carbonyl (C=O) groups is 1. The van der Waals surface area contributed by atoms with Gasteiger partial charge in [0.15, 0.2) is 0 Å². The van der Waals surface area contributed by atoms with Crippen LogP contribution in [0.3, 0.4) is 0 Å². The maximum absolute atomic E-state index is 13.2. The number of halogens is 1. The zero-order valence-corrected chi connectivity index (χ0v) is 16.1. The molecule has 0 aliphatic carbocycles. The summed E-state index contributed by atoms with van der Waals surface area (Å²) >= 11 is 0. The summed E-state index contributed by atoms with van der Waals surface area (Å²) in [6, 6.07) is 11.8. The highest BCUT2D eigenvalue weighted by Gasteiger charge is 2.31. The molecule has 0 bridgehead atoms. The molecule has 0 saturated carbocycles. The molecule has 7 heteroatoms. The number of hydrogen-bond donors (Lipinski definition) is 0. The van der Waals surface area contributed by atoms with Crippen molar-refractivity contribution in [1.29, 1.82) is 0 Å². The molecule has 0 saturated heterocycles. The number of benzene rings is 2. The van der Waals surface area contributed by atoms with Gasteiger partial charge in [0.2, 0.25) is 15.9 Å². The number of sulfonamides is 1. The molecule has 0 N–H and O–H groups in total. The van der Waals surface area contributed by atoms with Crippen molar-refractivity contribution in [2.45, 2.75) is 26.4 Å². The first-order valence-corrected chi connectivity index (χ1v) is 10.00. The van der Waals surface area contributed by atoms with Gasteiger partial charge in [0, 0.05) is 13.6 Å². The maximum atomic E-state index is 13.2. The van der Waals surface area contributed by atoms with E-state index in [9.17, 15) is 17.6 Å². The van der Waals surface area contributed by atoms with Crippen molar-refractivity contribution in [3.05, 3.63) is 65.5 Å². The molecule has 5 nitrogen and oxygen atoms in total. The third kappa shape index (κ3) is 4.82. The number of hydrogen-bond acceptors (Lipinski definition) is 3. The van der Waals surface area contributed by atoms with Crippen molar-refractivity contribution in [2.24, 2.45) is 0 Å². The van der Waals surface area contributed by atoms with E-state index in [1.165, 1.54) is 36.1 Å². The largest absolute Gasteiger partial charge is 0.340 e. The lowest BCUT2D eigenvalue weighted by Crippen LogP contribution is -2.48. The normalized spacial score (nSPS) is 12.5. The molecule has 1 unspecified atom stereocenters. The van der Waals surface area contributed by atoms with Crippen molar-refractivity contribution in [1.82, 2.24) is 4.90 Å². The minimum absolute atomic E-state index is 0.249. The molecule has 140 valence electrons. The smallest absolute Gasteiger partial charge is 0.246 e. The van der Waals surface area contributed by atoms with Gasteiger partial charge in [-0.3, -0.25) is 9.10 Å². The number of anilines is 1. The van der Waals surface area contributed by atoms with Gasteiger partial charge in [-0.25, -0.2) is 12.8 Å². The summed E-state index contributed by atoms with van der Waals surface area (Å²) in [6.45, 7) is 3.87. The van der Waals surface area contributed by atoms with E-state index in [0.717, 1.165) is 21.7 Å². The fourth-order valence-corrected chi connectivity index (χ4v) is 3.92. The number of carbonyl (C=O) groups excluding carboxylic acids is 1. The Balaban J connectivity index is 2.23. The molecule has 0 fully saturated rings. The Morgan fingerprint density at radius 1 is 1.08 bits per heavy atom. The van der Waals surface area contributed by atoms with Gasteiger partial charge in [0.05, 0.1) is 11.9 Å². The third-order valence-electron chi connectivity index (χ3n) is 4.06. The summed E-state index contributed by atoms with van der Waals surface area (Å²) in [6.07, 6.45) is 1.03. The van der Waals surface area contributed by atoms with E-state index in [-0.39, 0.29) is 11.6 Å². The van der Waals surface area contributed by atoms with Gasteiger partial charge < -0.3 is 4.90 Å². The highest BCUT2D eigenvalue weighted by atomic mass is 32.2. The van der Waals surface area contributed by atoms with E-state index >= 15 is 0 Å². The van der Waals surface area contributed by atoms with Gasteiger partial charge in [-0.2, -0.15) is 0 Å². The van der Waals surface area contributed by atoms with Gasteiger partial charge >= 0.3 is 0 Å². The minimum atomic E-state index is -3.72. The first kappa shape index (κ1) is 19.9. The molecule has 0 aliphatic rings. The van der Waals surface area contributed by atoms with Crippen LogP contribution in [0.25, 0.3) is 0 Å². The Hall–Kier alpha value is -2.41. The Morgan fingerprint density at radius 3 is 2.12 bits per heavy atom. The van der Waals surface area contributed by atoms with E-state index < -0.39 is 21.9 Å². The fourth-order valence-electron chi connectivity index (χ4n) is 2.75. The Morgan fingerprint density at radius 2 is 1.62 bits per heavy atom. The van der Waals surface area contributed by atoms with Crippen LogP contribution in [0.1, 0.15) is 18.1 Å². The van der Waals surface area contributed by atoms with Gasteiger partial charge in [-0.1, -0.05) is 29.8 Å². The first-order chi connectivity index (χ1) is 12.1. The van der Waals surface area contributed by atoms with Crippen LogP contribution in [-0.4, -0.2) is 38.6 Å². The molecule has 1 atom stereocenters. The van der Waals surface area contributed by atoms with Gasteiger partial charge in [-0.05, 0) is 43.7 Å². The Bertz CT molecular complexity index is 865. The van der Waals surface area contributed by atoms with Crippen LogP contribution < -0.4 is 4.31 Å². The van der Waals surface area contributed by atoms with Gasteiger partial charge in [0.1, 0.15) is 11.9 Å². The molecular weight excluding hydrogens is 355 g/mol. The first-order valence-electron chi connectivity index (χ1n) is 8.15. The lowest BCUT2D eigenvalue weighted by Gasteiger charge is -2.31. The summed E-state index contributed by atoms with van der Waals surface area (Å²) in [7, 11) is -2.09. The van der Waals surface area contributed by atoms with Crippen molar-refractivity contribution < 1.29 is 17.6 Å². The monoisotopic (exact) mass is 378 g/mol. The molecule has 0 aliphatic heterocycles. The second-order valence-corrected chi connectivity index (χ2v) is 8.25. The molecule has 2 aromatic carbocycles. The predicted octanol–water partition coefficient (Wildman–Crippen LogP) is 2.95. The lowest BCUT2D eigenvalue weighted by molar-refractivity contribution is -0.131. The predicted molar refractivity (Wildman–Crippen MR) is 101 cm³/mol. The number of nitrogens with zero attached hydrogens (tertiary/aromatic N) is 2. The van der Waals surface area contributed by atoms with Crippen LogP contribution in [-0.2, 0) is 21.4 Å². The fraction of sp³-hybridized carbons (Fsp3) is 0.316. The van der Waals surface area contributed by atoms with E-state index in [2.05, 4.69) is 0 Å². The average molecular weight is 378 g/mol. The molecule has 2 rings (SSSR count). The standard InChI is InChI=1S/C19H23FN2O3S/c1-14-5-7-16(8-6-14)13-21(3)19(23)15(2)22(26(4,24)25)18-11-9-17(20)10-12-18/h5-12,15H,13H2,1-4H3. The molecule has 0 spiro atoms. The molecule has 26 heavy (non-hydrogen) atoms. The lowest BCUT2D eigenvalue weighted by atomic mass is 10.1. The highest BCUT2D eigenvalue weighted by Crippen LogP contribution is 2.22. The van der Waals surface area contributed by atoms with E-state index in [0.29, 0.717) is 6.54 Å². The van der Waals surface area contributed by atoms with E-state index in [1.807, 2.05) is 31.2 Å². The number of likely N-dealkylation sites (N-methyl/N-ethyl adjacent to an activating group) is 1. The van der Waals surface area contributed by atoms with E-state index in [1.54, 1.807) is 7.05 Å². The summed E-state index contributed by atoms with van der Waals surface area (Å²) in [5, 5.41) is 0. The summed E-state index contributed by atoms with van der Waals surface area (Å²) in [5.74, 6) is -0.821. The third-order valence-corrected chi connectivity index (χ3v) is 5.31. The Labute approximate surface area is 154 Å². The van der Waals surface area contributed by atoms with Crippen LogP contribution in [0.5, 0.6) is 0 Å². The van der Waals surface area contributed by atoms with Crippen LogP contribution in [0.4, 0.5) is 10.1 Å². The summed E-state index contributed by atoms with van der Waals surface area (Å²) < 4.78 is 38.7. The zero-order chi connectivity index (χ0) is 19.5. The molecule has 0 aromatic heterocycles. The number of aryl methyl sites for hydroxylation is 1. The molecule has 1 amide bonds.